The van der Waals surface area contributed by atoms with E-state index < -0.39 is 11.9 Å². The predicted octanol–water partition coefficient (Wildman–Crippen LogP) is -0.120. The average Bonchev–Trinajstić information content (AvgIpc) is 3.02. The van der Waals surface area contributed by atoms with Crippen LogP contribution in [0.15, 0.2) is 30.3 Å². The van der Waals surface area contributed by atoms with E-state index in [-0.39, 0.29) is 18.7 Å². The van der Waals surface area contributed by atoms with Crippen LogP contribution in [0.3, 0.4) is 0 Å². The van der Waals surface area contributed by atoms with E-state index in [2.05, 4.69) is 10.2 Å². The number of carbonyl (C=O) groups excluding carboxylic acids is 2. The van der Waals surface area contributed by atoms with E-state index in [1.54, 1.807) is 4.90 Å². The SMILES string of the molecule is NC(=O)CC[C@H](N)C(=O)N1CCn2c(nnc2-c2ccccc2)C1. The Morgan fingerprint density at radius 3 is 2.62 bits per heavy atom. The molecule has 0 fully saturated rings. The average molecular weight is 328 g/mol. The van der Waals surface area contributed by atoms with Crippen LogP contribution in [-0.2, 0) is 22.7 Å². The number of benzene rings is 1. The summed E-state index contributed by atoms with van der Waals surface area (Å²) in [4.78, 5) is 24.9. The van der Waals surface area contributed by atoms with Crippen molar-refractivity contribution in [1.29, 1.82) is 0 Å². The Morgan fingerprint density at radius 2 is 1.92 bits per heavy atom. The van der Waals surface area contributed by atoms with Crippen molar-refractivity contribution in [3.63, 3.8) is 0 Å². The molecule has 8 nitrogen and oxygen atoms in total. The molecule has 2 aromatic rings. The zero-order valence-corrected chi connectivity index (χ0v) is 13.3. The van der Waals surface area contributed by atoms with E-state index in [4.69, 9.17) is 11.5 Å². The number of carbonyl (C=O) groups is 2. The highest BCUT2D eigenvalue weighted by atomic mass is 16.2. The van der Waals surface area contributed by atoms with Gasteiger partial charge in [0.2, 0.25) is 11.8 Å². The van der Waals surface area contributed by atoms with Gasteiger partial charge >= 0.3 is 0 Å². The fourth-order valence-corrected chi connectivity index (χ4v) is 2.80. The van der Waals surface area contributed by atoms with Gasteiger partial charge in [-0.25, -0.2) is 0 Å². The number of fused-ring (bicyclic) bond motifs is 1. The Bertz CT molecular complexity index is 742. The van der Waals surface area contributed by atoms with Gasteiger partial charge in [-0.1, -0.05) is 30.3 Å². The first-order valence-electron chi connectivity index (χ1n) is 7.86. The monoisotopic (exact) mass is 328 g/mol. The molecule has 1 aromatic carbocycles. The molecule has 3 rings (SSSR count). The fourth-order valence-electron chi connectivity index (χ4n) is 2.80. The molecular weight excluding hydrogens is 308 g/mol. The first-order chi connectivity index (χ1) is 11.6. The van der Waals surface area contributed by atoms with E-state index in [0.717, 1.165) is 17.2 Å². The summed E-state index contributed by atoms with van der Waals surface area (Å²) in [7, 11) is 0. The number of nitrogens with zero attached hydrogens (tertiary/aromatic N) is 4. The molecule has 0 saturated carbocycles. The van der Waals surface area contributed by atoms with Crippen LogP contribution in [0.25, 0.3) is 11.4 Å². The van der Waals surface area contributed by atoms with Crippen molar-refractivity contribution < 1.29 is 9.59 Å². The smallest absolute Gasteiger partial charge is 0.239 e. The van der Waals surface area contributed by atoms with E-state index in [1.807, 2.05) is 34.9 Å². The van der Waals surface area contributed by atoms with Gasteiger partial charge in [0.25, 0.3) is 0 Å². The van der Waals surface area contributed by atoms with E-state index in [1.165, 1.54) is 0 Å². The highest BCUT2D eigenvalue weighted by Gasteiger charge is 2.27. The molecule has 0 aliphatic carbocycles. The van der Waals surface area contributed by atoms with Gasteiger partial charge in [0.05, 0.1) is 12.6 Å². The Hall–Kier alpha value is -2.74. The summed E-state index contributed by atoms with van der Waals surface area (Å²) in [5, 5.41) is 8.45. The molecule has 1 aromatic heterocycles. The Kier molecular flexibility index (Phi) is 4.57. The summed E-state index contributed by atoms with van der Waals surface area (Å²) >= 11 is 0. The number of nitrogens with two attached hydrogens (primary N) is 2. The minimum atomic E-state index is -0.722. The number of primary amides is 1. The molecule has 0 unspecified atom stereocenters. The fraction of sp³-hybridized carbons (Fsp3) is 0.375. The predicted molar refractivity (Wildman–Crippen MR) is 87.3 cm³/mol. The molecule has 1 aliphatic rings. The Labute approximate surface area is 139 Å². The van der Waals surface area contributed by atoms with Crippen molar-refractivity contribution in [3.05, 3.63) is 36.2 Å². The molecule has 0 bridgehead atoms. The van der Waals surface area contributed by atoms with Crippen LogP contribution in [0.4, 0.5) is 0 Å². The van der Waals surface area contributed by atoms with Gasteiger partial charge in [-0.2, -0.15) is 0 Å². The van der Waals surface area contributed by atoms with E-state index in [0.29, 0.717) is 19.6 Å². The lowest BCUT2D eigenvalue weighted by molar-refractivity contribution is -0.134. The lowest BCUT2D eigenvalue weighted by Gasteiger charge is -2.29. The van der Waals surface area contributed by atoms with Gasteiger partial charge in [0, 0.05) is 25.1 Å². The summed E-state index contributed by atoms with van der Waals surface area (Å²) in [6, 6.07) is 9.09. The standard InChI is InChI=1S/C16H20N6O2/c17-12(6-7-13(18)23)16(24)21-8-9-22-14(10-21)19-20-15(22)11-4-2-1-3-5-11/h1-5,12H,6-10,17H2,(H2,18,23)/t12-/m0/s1. The summed E-state index contributed by atoms with van der Waals surface area (Å²) in [6.45, 7) is 1.51. The maximum absolute atomic E-state index is 12.4. The van der Waals surface area contributed by atoms with Crippen molar-refractivity contribution in [2.24, 2.45) is 11.5 Å². The van der Waals surface area contributed by atoms with Crippen LogP contribution < -0.4 is 11.5 Å². The van der Waals surface area contributed by atoms with E-state index in [9.17, 15) is 9.59 Å². The first-order valence-corrected chi connectivity index (χ1v) is 7.86. The molecule has 2 amide bonds. The highest BCUT2D eigenvalue weighted by Crippen LogP contribution is 2.21. The third-order valence-electron chi connectivity index (χ3n) is 4.12. The Morgan fingerprint density at radius 1 is 1.17 bits per heavy atom. The van der Waals surface area contributed by atoms with Crippen LogP contribution in [0.1, 0.15) is 18.7 Å². The minimum Gasteiger partial charge on any atom is -0.370 e. The summed E-state index contributed by atoms with van der Waals surface area (Å²) < 4.78 is 2.02. The van der Waals surface area contributed by atoms with Crippen LogP contribution in [0.2, 0.25) is 0 Å². The number of hydrogen-bond acceptors (Lipinski definition) is 5. The van der Waals surface area contributed by atoms with Crippen molar-refractivity contribution in [2.75, 3.05) is 6.54 Å². The molecular formula is C16H20N6O2. The second kappa shape index (κ2) is 6.79. The van der Waals surface area contributed by atoms with Crippen LogP contribution in [0, 0.1) is 0 Å². The topological polar surface area (TPSA) is 120 Å². The first kappa shape index (κ1) is 16.1. The summed E-state index contributed by atoms with van der Waals surface area (Å²) in [5.41, 5.74) is 12.0. The van der Waals surface area contributed by atoms with Crippen molar-refractivity contribution in [3.8, 4) is 11.4 Å². The number of aromatic nitrogens is 3. The molecule has 0 spiro atoms. The van der Waals surface area contributed by atoms with Gasteiger partial charge in [-0.05, 0) is 6.42 Å². The molecule has 4 N–H and O–H groups in total. The maximum Gasteiger partial charge on any atom is 0.239 e. The molecule has 2 heterocycles. The quantitative estimate of drug-likeness (QED) is 0.793. The summed E-state index contributed by atoms with van der Waals surface area (Å²) in [6.07, 6.45) is 0.363. The molecule has 1 aliphatic heterocycles. The zero-order chi connectivity index (χ0) is 17.1. The number of amides is 2. The molecule has 24 heavy (non-hydrogen) atoms. The Balaban J connectivity index is 1.71. The van der Waals surface area contributed by atoms with Crippen LogP contribution >= 0.6 is 0 Å². The van der Waals surface area contributed by atoms with E-state index >= 15 is 0 Å². The third-order valence-corrected chi connectivity index (χ3v) is 4.12. The molecule has 1 atom stereocenters. The third kappa shape index (κ3) is 3.28. The second-order valence-electron chi connectivity index (χ2n) is 5.83. The molecule has 0 radical (unpaired) electrons. The second-order valence-corrected chi connectivity index (χ2v) is 5.83. The molecule has 8 heteroatoms. The van der Waals surface area contributed by atoms with Gasteiger partial charge in [-0.15, -0.1) is 10.2 Å². The summed E-state index contributed by atoms with van der Waals surface area (Å²) in [5.74, 6) is 0.891. The molecule has 126 valence electrons. The number of hydrogen-bond donors (Lipinski definition) is 2. The molecule has 0 saturated heterocycles. The highest BCUT2D eigenvalue weighted by molar-refractivity contribution is 5.82. The normalized spacial score (nSPS) is 15.0. The lowest BCUT2D eigenvalue weighted by atomic mass is 10.1. The van der Waals surface area contributed by atoms with Crippen molar-refractivity contribution in [1.82, 2.24) is 19.7 Å². The van der Waals surface area contributed by atoms with Crippen molar-refractivity contribution in [2.45, 2.75) is 32.0 Å². The number of rotatable bonds is 5. The van der Waals surface area contributed by atoms with Crippen LogP contribution in [-0.4, -0.2) is 44.1 Å². The maximum atomic E-state index is 12.4. The van der Waals surface area contributed by atoms with Gasteiger partial charge in [0.1, 0.15) is 0 Å². The van der Waals surface area contributed by atoms with Gasteiger partial charge in [-0.3, -0.25) is 9.59 Å². The van der Waals surface area contributed by atoms with Crippen LogP contribution in [0.5, 0.6) is 0 Å². The van der Waals surface area contributed by atoms with Crippen molar-refractivity contribution >= 4 is 11.8 Å². The lowest BCUT2D eigenvalue weighted by Crippen LogP contribution is -2.47. The zero-order valence-electron chi connectivity index (χ0n) is 13.3. The van der Waals surface area contributed by atoms with Gasteiger partial charge in [0.15, 0.2) is 11.6 Å². The van der Waals surface area contributed by atoms with Gasteiger partial charge < -0.3 is 20.9 Å². The largest absolute Gasteiger partial charge is 0.370 e. The minimum absolute atomic E-state index is 0.106.